The third-order valence-corrected chi connectivity index (χ3v) is 2.67. The summed E-state index contributed by atoms with van der Waals surface area (Å²) in [6, 6.07) is 1.13. The standard InChI is InChI=1S/C11H7F3N6.ClH/c12-11(13,14)7-2-17-9(15)1-6(7)8-4-20-10(3-16-8)18-5-19-20;/h1-5H,(H2,15,17);1H. The third kappa shape index (κ3) is 2.72. The maximum Gasteiger partial charge on any atom is 0.418 e. The van der Waals surface area contributed by atoms with Gasteiger partial charge < -0.3 is 5.73 Å². The van der Waals surface area contributed by atoms with Crippen molar-refractivity contribution in [3.05, 3.63) is 36.5 Å². The molecule has 21 heavy (non-hydrogen) atoms. The van der Waals surface area contributed by atoms with Crippen molar-refractivity contribution in [2.75, 3.05) is 5.73 Å². The van der Waals surface area contributed by atoms with Crippen LogP contribution >= 0.6 is 12.4 Å². The molecule has 10 heteroatoms. The molecule has 0 aliphatic carbocycles. The van der Waals surface area contributed by atoms with Gasteiger partial charge in [-0.05, 0) is 6.07 Å². The van der Waals surface area contributed by atoms with Crippen molar-refractivity contribution in [2.24, 2.45) is 0 Å². The van der Waals surface area contributed by atoms with Crippen LogP contribution in [0.2, 0.25) is 0 Å². The molecule has 0 radical (unpaired) electrons. The van der Waals surface area contributed by atoms with Gasteiger partial charge in [0.15, 0.2) is 5.65 Å². The zero-order valence-corrected chi connectivity index (χ0v) is 11.1. The highest BCUT2D eigenvalue weighted by atomic mass is 35.5. The summed E-state index contributed by atoms with van der Waals surface area (Å²) in [6.45, 7) is 0. The number of hydrogen-bond acceptors (Lipinski definition) is 5. The van der Waals surface area contributed by atoms with Crippen LogP contribution in [0.15, 0.2) is 31.0 Å². The number of anilines is 1. The van der Waals surface area contributed by atoms with Crippen molar-refractivity contribution in [1.82, 2.24) is 24.6 Å². The highest BCUT2D eigenvalue weighted by Gasteiger charge is 2.34. The first-order valence-corrected chi connectivity index (χ1v) is 5.43. The molecule has 0 saturated carbocycles. The average molecular weight is 317 g/mol. The van der Waals surface area contributed by atoms with Gasteiger partial charge >= 0.3 is 6.18 Å². The van der Waals surface area contributed by atoms with Gasteiger partial charge in [0, 0.05) is 11.8 Å². The zero-order chi connectivity index (χ0) is 14.3. The quantitative estimate of drug-likeness (QED) is 0.744. The number of nitrogens with two attached hydrogens (primary N) is 1. The molecular formula is C11H8ClF3N6. The van der Waals surface area contributed by atoms with Crippen LogP contribution in [0.1, 0.15) is 5.56 Å². The maximum atomic E-state index is 13.0. The van der Waals surface area contributed by atoms with Gasteiger partial charge in [0.25, 0.3) is 0 Å². The van der Waals surface area contributed by atoms with Crippen molar-refractivity contribution in [3.8, 4) is 11.3 Å². The number of nitrogens with zero attached hydrogens (tertiary/aromatic N) is 5. The van der Waals surface area contributed by atoms with E-state index in [4.69, 9.17) is 5.73 Å². The van der Waals surface area contributed by atoms with E-state index in [-0.39, 0.29) is 29.5 Å². The van der Waals surface area contributed by atoms with Gasteiger partial charge in [-0.1, -0.05) is 0 Å². The number of pyridine rings is 1. The number of nitrogen functional groups attached to an aromatic ring is 1. The fourth-order valence-electron chi connectivity index (χ4n) is 1.78. The van der Waals surface area contributed by atoms with Crippen LogP contribution in [0.5, 0.6) is 0 Å². The summed E-state index contributed by atoms with van der Waals surface area (Å²) in [6.07, 6.45) is 0.116. The monoisotopic (exact) mass is 316 g/mol. The maximum absolute atomic E-state index is 13.0. The summed E-state index contributed by atoms with van der Waals surface area (Å²) in [4.78, 5) is 11.3. The molecule has 3 aromatic rings. The van der Waals surface area contributed by atoms with E-state index in [0.29, 0.717) is 11.8 Å². The Hall–Kier alpha value is -2.42. The van der Waals surface area contributed by atoms with Gasteiger partial charge in [0.1, 0.15) is 12.1 Å². The van der Waals surface area contributed by atoms with Crippen molar-refractivity contribution in [2.45, 2.75) is 6.18 Å². The van der Waals surface area contributed by atoms with Crippen LogP contribution in [0.4, 0.5) is 19.0 Å². The molecule has 3 rings (SSSR count). The molecule has 0 bridgehead atoms. The molecule has 0 atom stereocenters. The predicted octanol–water partition coefficient (Wildman–Crippen LogP) is 2.21. The highest BCUT2D eigenvalue weighted by molar-refractivity contribution is 5.85. The molecule has 0 aromatic carbocycles. The number of rotatable bonds is 1. The Morgan fingerprint density at radius 1 is 1.10 bits per heavy atom. The first-order valence-electron chi connectivity index (χ1n) is 5.43. The fraction of sp³-hybridized carbons (Fsp3) is 0.0909. The Balaban J connectivity index is 0.00000161. The molecule has 3 heterocycles. The first-order chi connectivity index (χ1) is 9.45. The van der Waals surface area contributed by atoms with Crippen LogP contribution in [-0.2, 0) is 6.18 Å². The largest absolute Gasteiger partial charge is 0.418 e. The summed E-state index contributed by atoms with van der Waals surface area (Å²) in [7, 11) is 0. The van der Waals surface area contributed by atoms with Crippen LogP contribution in [0, 0.1) is 0 Å². The van der Waals surface area contributed by atoms with E-state index in [2.05, 4.69) is 20.1 Å². The molecule has 0 saturated heterocycles. The van der Waals surface area contributed by atoms with E-state index >= 15 is 0 Å². The van der Waals surface area contributed by atoms with Crippen LogP contribution in [0.25, 0.3) is 16.9 Å². The third-order valence-electron chi connectivity index (χ3n) is 2.67. The Morgan fingerprint density at radius 2 is 1.86 bits per heavy atom. The number of alkyl halides is 3. The lowest BCUT2D eigenvalue weighted by atomic mass is 10.1. The van der Waals surface area contributed by atoms with Crippen molar-refractivity contribution < 1.29 is 13.2 Å². The molecule has 2 N–H and O–H groups in total. The minimum atomic E-state index is -4.55. The van der Waals surface area contributed by atoms with Crippen LogP contribution in [0.3, 0.4) is 0 Å². The van der Waals surface area contributed by atoms with Crippen LogP contribution < -0.4 is 5.73 Å². The van der Waals surface area contributed by atoms with E-state index in [0.717, 1.165) is 6.07 Å². The molecule has 0 unspecified atom stereocenters. The Labute approximate surface area is 122 Å². The summed E-state index contributed by atoms with van der Waals surface area (Å²) >= 11 is 0. The molecule has 6 nitrogen and oxygen atoms in total. The molecule has 110 valence electrons. The van der Waals surface area contributed by atoms with Gasteiger partial charge in [-0.25, -0.2) is 14.5 Å². The second kappa shape index (κ2) is 5.17. The lowest BCUT2D eigenvalue weighted by Gasteiger charge is -2.12. The zero-order valence-electron chi connectivity index (χ0n) is 10.2. The van der Waals surface area contributed by atoms with Crippen molar-refractivity contribution in [3.63, 3.8) is 0 Å². The van der Waals surface area contributed by atoms with Crippen LogP contribution in [-0.4, -0.2) is 24.6 Å². The minimum Gasteiger partial charge on any atom is -0.384 e. The smallest absolute Gasteiger partial charge is 0.384 e. The number of hydrogen-bond donors (Lipinski definition) is 1. The Morgan fingerprint density at radius 3 is 2.57 bits per heavy atom. The topological polar surface area (TPSA) is 82.0 Å². The number of halogens is 4. The van der Waals surface area contributed by atoms with Gasteiger partial charge in [-0.3, -0.25) is 4.98 Å². The first kappa shape index (κ1) is 15.0. The highest BCUT2D eigenvalue weighted by Crippen LogP contribution is 2.36. The van der Waals surface area contributed by atoms with E-state index in [1.54, 1.807) is 0 Å². The van der Waals surface area contributed by atoms with Gasteiger partial charge in [0.05, 0.1) is 23.7 Å². The second-order valence-corrected chi connectivity index (χ2v) is 3.99. The van der Waals surface area contributed by atoms with Gasteiger partial charge in [-0.2, -0.15) is 18.3 Å². The summed E-state index contributed by atoms with van der Waals surface area (Å²) < 4.78 is 40.3. The SMILES string of the molecule is Cl.Nc1cc(-c2cn3ncnc3cn2)c(C(F)(F)F)cn1. The summed E-state index contributed by atoms with van der Waals surface area (Å²) in [5, 5.41) is 3.86. The minimum absolute atomic E-state index is 0. The summed E-state index contributed by atoms with van der Waals surface area (Å²) in [5.74, 6) is -0.0199. The Kier molecular flexibility index (Phi) is 3.69. The lowest BCUT2D eigenvalue weighted by Crippen LogP contribution is -2.09. The Bertz CT molecular complexity index is 785. The van der Waals surface area contributed by atoms with E-state index in [9.17, 15) is 13.2 Å². The number of fused-ring (bicyclic) bond motifs is 1. The molecule has 0 amide bonds. The van der Waals surface area contributed by atoms with Crippen molar-refractivity contribution in [1.29, 1.82) is 0 Å². The fourth-order valence-corrected chi connectivity index (χ4v) is 1.78. The number of aromatic nitrogens is 5. The molecule has 0 fully saturated rings. The molecule has 0 aliphatic rings. The normalized spacial score (nSPS) is 11.4. The van der Waals surface area contributed by atoms with E-state index in [1.807, 2.05) is 0 Å². The molecular weight excluding hydrogens is 309 g/mol. The van der Waals surface area contributed by atoms with E-state index < -0.39 is 11.7 Å². The molecule has 0 aliphatic heterocycles. The lowest BCUT2D eigenvalue weighted by molar-refractivity contribution is -0.137. The van der Waals surface area contributed by atoms with E-state index in [1.165, 1.54) is 23.2 Å². The predicted molar refractivity (Wildman–Crippen MR) is 70.7 cm³/mol. The van der Waals surface area contributed by atoms with Gasteiger partial charge in [-0.15, -0.1) is 12.4 Å². The molecule has 0 spiro atoms. The second-order valence-electron chi connectivity index (χ2n) is 3.99. The summed E-state index contributed by atoms with van der Waals surface area (Å²) in [5.41, 5.74) is 4.93. The van der Waals surface area contributed by atoms with Crippen molar-refractivity contribution >= 4 is 23.9 Å². The average Bonchev–Trinajstić information content (AvgIpc) is 2.84. The molecule has 3 aromatic heterocycles. The van der Waals surface area contributed by atoms with Gasteiger partial charge in [0.2, 0.25) is 0 Å².